The molecule has 2 aromatic carbocycles. The minimum Gasteiger partial charge on any atom is -0.481 e. The van der Waals surface area contributed by atoms with Gasteiger partial charge in [-0.1, -0.05) is 42.0 Å². The summed E-state index contributed by atoms with van der Waals surface area (Å²) in [6, 6.07) is 16.0. The van der Waals surface area contributed by atoms with Crippen LogP contribution in [0, 0.1) is 6.92 Å². The largest absolute Gasteiger partial charge is 0.481 e. The van der Waals surface area contributed by atoms with E-state index in [-0.39, 0.29) is 6.10 Å². The molecule has 28 heavy (non-hydrogen) atoms. The zero-order chi connectivity index (χ0) is 19.3. The van der Waals surface area contributed by atoms with Crippen LogP contribution >= 0.6 is 0 Å². The first kappa shape index (κ1) is 16.8. The van der Waals surface area contributed by atoms with Crippen molar-refractivity contribution in [2.45, 2.75) is 26.9 Å². The van der Waals surface area contributed by atoms with E-state index in [0.717, 1.165) is 33.5 Å². The minimum absolute atomic E-state index is 0.239. The number of aromatic nitrogens is 2. The molecule has 0 N–H and O–H groups in total. The van der Waals surface area contributed by atoms with Crippen molar-refractivity contribution >= 4 is 11.0 Å². The van der Waals surface area contributed by atoms with Crippen LogP contribution in [-0.4, -0.2) is 16.6 Å². The van der Waals surface area contributed by atoms with Crippen LogP contribution in [0.25, 0.3) is 33.8 Å². The number of furan rings is 1. The fourth-order valence-electron chi connectivity index (χ4n) is 3.60. The maximum absolute atomic E-state index is 6.21. The van der Waals surface area contributed by atoms with Gasteiger partial charge in [0.2, 0.25) is 5.88 Å². The Morgan fingerprint density at radius 2 is 1.82 bits per heavy atom. The van der Waals surface area contributed by atoms with Gasteiger partial charge in [0.05, 0.1) is 17.6 Å². The topological polar surface area (TPSA) is 57.4 Å². The van der Waals surface area contributed by atoms with Crippen molar-refractivity contribution in [1.29, 1.82) is 0 Å². The SMILES string of the molecule is CCOc1nc(-c2ccc(C)cc2)nc2c1C(C)Oc1c-2oc2ccccc12. The van der Waals surface area contributed by atoms with E-state index in [9.17, 15) is 0 Å². The molecule has 1 unspecified atom stereocenters. The Morgan fingerprint density at radius 1 is 1.04 bits per heavy atom. The normalized spacial score (nSPS) is 15.0. The van der Waals surface area contributed by atoms with E-state index in [2.05, 4.69) is 19.1 Å². The van der Waals surface area contributed by atoms with Crippen molar-refractivity contribution < 1.29 is 13.9 Å². The summed E-state index contributed by atoms with van der Waals surface area (Å²) in [6.45, 7) is 6.50. The lowest BCUT2D eigenvalue weighted by molar-refractivity contribution is 0.210. The van der Waals surface area contributed by atoms with Gasteiger partial charge in [0.25, 0.3) is 0 Å². The smallest absolute Gasteiger partial charge is 0.224 e. The highest BCUT2D eigenvalue weighted by Crippen LogP contribution is 2.49. The summed E-state index contributed by atoms with van der Waals surface area (Å²) in [5.41, 5.74) is 4.46. The molecule has 1 aliphatic heterocycles. The fourth-order valence-corrected chi connectivity index (χ4v) is 3.60. The first-order chi connectivity index (χ1) is 13.7. The Hall–Kier alpha value is -3.34. The lowest BCUT2D eigenvalue weighted by Crippen LogP contribution is -2.15. The molecule has 5 nitrogen and oxygen atoms in total. The first-order valence-electron chi connectivity index (χ1n) is 9.46. The predicted octanol–water partition coefficient (Wildman–Crippen LogP) is 5.72. The van der Waals surface area contributed by atoms with Gasteiger partial charge in [-0.3, -0.25) is 0 Å². The molecule has 0 fully saturated rings. The van der Waals surface area contributed by atoms with Crippen molar-refractivity contribution in [1.82, 2.24) is 9.97 Å². The molecule has 2 aromatic heterocycles. The summed E-state index contributed by atoms with van der Waals surface area (Å²) in [5.74, 6) is 2.52. The molecule has 5 heteroatoms. The molecule has 3 heterocycles. The maximum atomic E-state index is 6.21. The standard InChI is InChI=1S/C23H20N2O3/c1-4-26-23-18-14(3)27-20-16-7-5-6-8-17(16)28-21(20)19(18)24-22(25-23)15-11-9-13(2)10-12-15/h5-12,14H,4H2,1-3H3. The van der Waals surface area contributed by atoms with E-state index >= 15 is 0 Å². The number of hydrogen-bond acceptors (Lipinski definition) is 5. The highest BCUT2D eigenvalue weighted by Gasteiger charge is 2.34. The van der Waals surface area contributed by atoms with Crippen LogP contribution in [0.3, 0.4) is 0 Å². The predicted molar refractivity (Wildman–Crippen MR) is 108 cm³/mol. The Balaban J connectivity index is 1.78. The number of fused-ring (bicyclic) bond motifs is 5. The summed E-state index contributed by atoms with van der Waals surface area (Å²) in [5, 5.41) is 0.948. The average Bonchev–Trinajstić information content (AvgIpc) is 3.07. The lowest BCUT2D eigenvalue weighted by atomic mass is 10.0. The van der Waals surface area contributed by atoms with Crippen molar-refractivity contribution in [3.63, 3.8) is 0 Å². The lowest BCUT2D eigenvalue weighted by Gasteiger charge is -2.24. The second kappa shape index (κ2) is 6.37. The fraction of sp³-hybridized carbons (Fsp3) is 0.217. The van der Waals surface area contributed by atoms with Gasteiger partial charge in [-0.05, 0) is 32.9 Å². The van der Waals surface area contributed by atoms with Crippen LogP contribution in [0.1, 0.15) is 31.1 Å². The average molecular weight is 372 g/mol. The van der Waals surface area contributed by atoms with Crippen molar-refractivity contribution in [2.75, 3.05) is 6.61 Å². The monoisotopic (exact) mass is 372 g/mol. The molecule has 140 valence electrons. The van der Waals surface area contributed by atoms with E-state index in [0.29, 0.717) is 24.1 Å². The second-order valence-electron chi connectivity index (χ2n) is 6.93. The molecule has 1 atom stereocenters. The summed E-state index contributed by atoms with van der Waals surface area (Å²) in [6.07, 6.45) is -0.239. The molecule has 0 amide bonds. The third-order valence-corrected chi connectivity index (χ3v) is 4.97. The zero-order valence-corrected chi connectivity index (χ0v) is 16.0. The van der Waals surface area contributed by atoms with Crippen LogP contribution < -0.4 is 9.47 Å². The number of benzene rings is 2. The number of ether oxygens (including phenoxy) is 2. The molecule has 1 aliphatic rings. The number of hydrogen-bond donors (Lipinski definition) is 0. The number of rotatable bonds is 3. The van der Waals surface area contributed by atoms with Crippen LogP contribution in [0.4, 0.5) is 0 Å². The third-order valence-electron chi connectivity index (χ3n) is 4.97. The quantitative estimate of drug-likeness (QED) is 0.460. The zero-order valence-electron chi connectivity index (χ0n) is 16.0. The van der Waals surface area contributed by atoms with Gasteiger partial charge in [0.15, 0.2) is 17.3 Å². The molecular formula is C23H20N2O3. The van der Waals surface area contributed by atoms with Gasteiger partial charge >= 0.3 is 0 Å². The van der Waals surface area contributed by atoms with Gasteiger partial charge in [0.1, 0.15) is 17.4 Å². The van der Waals surface area contributed by atoms with Gasteiger partial charge in [-0.15, -0.1) is 0 Å². The first-order valence-corrected chi connectivity index (χ1v) is 9.46. The molecule has 0 saturated carbocycles. The Morgan fingerprint density at radius 3 is 2.61 bits per heavy atom. The highest BCUT2D eigenvalue weighted by molar-refractivity contribution is 5.92. The van der Waals surface area contributed by atoms with Crippen LogP contribution in [0.15, 0.2) is 52.9 Å². The van der Waals surface area contributed by atoms with E-state index in [1.54, 1.807) is 0 Å². The van der Waals surface area contributed by atoms with Gasteiger partial charge in [-0.25, -0.2) is 4.98 Å². The number of aryl methyl sites for hydroxylation is 1. The van der Waals surface area contributed by atoms with Gasteiger partial charge in [0, 0.05) is 5.56 Å². The Kier molecular flexibility index (Phi) is 3.83. The molecule has 0 spiro atoms. The second-order valence-corrected chi connectivity index (χ2v) is 6.93. The number of nitrogens with zero attached hydrogens (tertiary/aromatic N) is 2. The van der Waals surface area contributed by atoms with Gasteiger partial charge < -0.3 is 13.9 Å². The molecule has 0 radical (unpaired) electrons. The molecule has 0 bridgehead atoms. The third kappa shape index (κ3) is 2.54. The van der Waals surface area contributed by atoms with E-state index < -0.39 is 0 Å². The summed E-state index contributed by atoms with van der Waals surface area (Å²) < 4.78 is 18.2. The van der Waals surface area contributed by atoms with Crippen LogP contribution in [0.5, 0.6) is 11.6 Å². The minimum atomic E-state index is -0.239. The summed E-state index contributed by atoms with van der Waals surface area (Å²) in [7, 11) is 0. The molecule has 0 aliphatic carbocycles. The van der Waals surface area contributed by atoms with Gasteiger partial charge in [-0.2, -0.15) is 4.98 Å². The van der Waals surface area contributed by atoms with Crippen LogP contribution in [0.2, 0.25) is 0 Å². The highest BCUT2D eigenvalue weighted by atomic mass is 16.5. The van der Waals surface area contributed by atoms with E-state index in [1.807, 2.05) is 50.2 Å². The number of para-hydroxylation sites is 1. The Labute approximate surface area is 163 Å². The van der Waals surface area contributed by atoms with Crippen molar-refractivity contribution in [2.24, 2.45) is 0 Å². The van der Waals surface area contributed by atoms with Crippen LogP contribution in [-0.2, 0) is 0 Å². The summed E-state index contributed by atoms with van der Waals surface area (Å²) >= 11 is 0. The van der Waals surface area contributed by atoms with E-state index in [4.69, 9.17) is 23.9 Å². The molecule has 5 rings (SSSR count). The van der Waals surface area contributed by atoms with E-state index in [1.165, 1.54) is 5.56 Å². The van der Waals surface area contributed by atoms with Crippen molar-refractivity contribution in [3.05, 3.63) is 59.7 Å². The molecule has 0 saturated heterocycles. The molecule has 4 aromatic rings. The van der Waals surface area contributed by atoms with Crippen molar-refractivity contribution in [3.8, 4) is 34.5 Å². The molecular weight excluding hydrogens is 352 g/mol. The maximum Gasteiger partial charge on any atom is 0.224 e. The Bertz CT molecular complexity index is 1180. The summed E-state index contributed by atoms with van der Waals surface area (Å²) in [4.78, 5) is 9.58.